The highest BCUT2D eigenvalue weighted by atomic mass is 32.1. The van der Waals surface area contributed by atoms with Crippen LogP contribution < -0.4 is 0 Å². The number of rotatable bonds is 2. The van der Waals surface area contributed by atoms with Gasteiger partial charge in [-0.25, -0.2) is 5.16 Å². The molecule has 4 heteroatoms. The fourth-order valence-electron chi connectivity index (χ4n) is 1.12. The summed E-state index contributed by atoms with van der Waals surface area (Å²) in [4.78, 5) is 4.25. The third kappa shape index (κ3) is 2.03. The van der Waals surface area contributed by atoms with Gasteiger partial charge >= 0.3 is 4.84 Å². The van der Waals surface area contributed by atoms with Gasteiger partial charge < -0.3 is 4.52 Å². The third-order valence-electron chi connectivity index (χ3n) is 1.70. The zero-order valence-electron chi connectivity index (χ0n) is 6.86. The zero-order valence-corrected chi connectivity index (χ0v) is 7.67. The van der Waals surface area contributed by atoms with E-state index in [1.807, 2.05) is 30.3 Å². The van der Waals surface area contributed by atoms with Crippen LogP contribution >= 0.6 is 12.2 Å². The fraction of sp³-hybridized carbons (Fsp3) is 0.111. The summed E-state index contributed by atoms with van der Waals surface area (Å²) in [5.41, 5.74) is 1.18. The normalized spacial score (nSPS) is 10.2. The van der Waals surface area contributed by atoms with Crippen LogP contribution in [0.25, 0.3) is 0 Å². The molecule has 0 amide bonds. The first-order chi connectivity index (χ1) is 6.34. The molecule has 66 valence electrons. The minimum atomic E-state index is 0.255. The van der Waals surface area contributed by atoms with Crippen molar-refractivity contribution in [1.82, 2.24) is 10.1 Å². The van der Waals surface area contributed by atoms with Gasteiger partial charge in [0.2, 0.25) is 0 Å². The van der Waals surface area contributed by atoms with Crippen LogP contribution in [0.5, 0.6) is 0 Å². The van der Waals surface area contributed by atoms with Crippen molar-refractivity contribution in [3.05, 3.63) is 46.6 Å². The Morgan fingerprint density at radius 3 is 2.69 bits per heavy atom. The van der Waals surface area contributed by atoms with Crippen LogP contribution in [0.3, 0.4) is 0 Å². The van der Waals surface area contributed by atoms with Gasteiger partial charge in [-0.1, -0.05) is 30.3 Å². The van der Waals surface area contributed by atoms with Crippen molar-refractivity contribution < 1.29 is 4.52 Å². The van der Waals surface area contributed by atoms with Crippen LogP contribution in [-0.2, 0) is 6.42 Å². The predicted octanol–water partition coefficient (Wildman–Crippen LogP) is 2.32. The van der Waals surface area contributed by atoms with E-state index in [0.717, 1.165) is 12.2 Å². The first-order valence-electron chi connectivity index (χ1n) is 3.93. The average molecular weight is 192 g/mol. The van der Waals surface area contributed by atoms with E-state index in [0.29, 0.717) is 0 Å². The van der Waals surface area contributed by atoms with Crippen molar-refractivity contribution in [1.29, 1.82) is 0 Å². The van der Waals surface area contributed by atoms with Crippen molar-refractivity contribution in [2.45, 2.75) is 6.42 Å². The molecule has 0 aliphatic rings. The molecule has 2 aromatic rings. The summed E-state index contributed by atoms with van der Waals surface area (Å²) in [6.45, 7) is 0. The van der Waals surface area contributed by atoms with Gasteiger partial charge in [0.05, 0.1) is 0 Å². The zero-order chi connectivity index (χ0) is 9.10. The van der Waals surface area contributed by atoms with E-state index >= 15 is 0 Å². The summed E-state index contributed by atoms with van der Waals surface area (Å²) in [5, 5.41) is 2.66. The number of hydrogen-bond acceptors (Lipinski definition) is 3. The van der Waals surface area contributed by atoms with Crippen LogP contribution in [-0.4, -0.2) is 10.1 Å². The summed E-state index contributed by atoms with van der Waals surface area (Å²) < 4.78 is 4.82. The molecule has 0 aliphatic heterocycles. The molecule has 13 heavy (non-hydrogen) atoms. The Morgan fingerprint density at radius 1 is 1.31 bits per heavy atom. The Labute approximate surface area is 80.4 Å². The van der Waals surface area contributed by atoms with E-state index in [1.54, 1.807) is 0 Å². The van der Waals surface area contributed by atoms with Gasteiger partial charge in [-0.05, 0) is 17.8 Å². The molecular formula is C9H8N2OS. The Bertz CT molecular complexity index is 432. The number of nitrogens with zero attached hydrogens (tertiary/aromatic N) is 1. The van der Waals surface area contributed by atoms with Crippen molar-refractivity contribution in [2.75, 3.05) is 0 Å². The molecular weight excluding hydrogens is 184 g/mol. The standard InChI is InChI=1S/C9H8N2OS/c13-9-10-8(11-12-9)6-7-4-2-1-3-5-7/h1-5H,6H2,(H,10,11,13). The van der Waals surface area contributed by atoms with E-state index in [1.165, 1.54) is 5.56 Å². The van der Waals surface area contributed by atoms with Crippen LogP contribution in [0.1, 0.15) is 11.4 Å². The first kappa shape index (κ1) is 8.19. The SMILES string of the molecule is S=c1nc(Cc2ccccc2)[nH]o1. The molecule has 0 spiro atoms. The van der Waals surface area contributed by atoms with Gasteiger partial charge in [0.15, 0.2) is 0 Å². The highest BCUT2D eigenvalue weighted by Gasteiger charge is 1.98. The molecule has 3 nitrogen and oxygen atoms in total. The van der Waals surface area contributed by atoms with E-state index in [4.69, 9.17) is 16.7 Å². The molecule has 0 unspecified atom stereocenters. The maximum atomic E-state index is 4.82. The molecule has 0 saturated heterocycles. The van der Waals surface area contributed by atoms with Crippen molar-refractivity contribution in [3.63, 3.8) is 0 Å². The van der Waals surface area contributed by atoms with Gasteiger partial charge in [-0.2, -0.15) is 4.98 Å². The Balaban J connectivity index is 2.20. The largest absolute Gasteiger partial charge is 0.348 e. The van der Waals surface area contributed by atoms with E-state index < -0.39 is 0 Å². The first-order valence-corrected chi connectivity index (χ1v) is 4.34. The molecule has 0 bridgehead atoms. The summed E-state index contributed by atoms with van der Waals surface area (Å²) in [7, 11) is 0. The minimum Gasteiger partial charge on any atom is -0.348 e. The highest BCUT2D eigenvalue weighted by Crippen LogP contribution is 2.04. The molecule has 0 aliphatic carbocycles. The second kappa shape index (κ2) is 3.53. The van der Waals surface area contributed by atoms with Crippen LogP contribution in [0.2, 0.25) is 0 Å². The number of aromatic nitrogens is 2. The quantitative estimate of drug-likeness (QED) is 0.742. The summed E-state index contributed by atoms with van der Waals surface area (Å²) in [6.07, 6.45) is 0.723. The second-order valence-electron chi connectivity index (χ2n) is 2.69. The summed E-state index contributed by atoms with van der Waals surface area (Å²) in [5.74, 6) is 0.760. The van der Waals surface area contributed by atoms with E-state index in [2.05, 4.69) is 10.1 Å². The van der Waals surface area contributed by atoms with Gasteiger partial charge in [0, 0.05) is 6.42 Å². The maximum absolute atomic E-state index is 4.82. The number of aromatic amines is 1. The van der Waals surface area contributed by atoms with Crippen molar-refractivity contribution in [2.24, 2.45) is 0 Å². The third-order valence-corrected chi connectivity index (χ3v) is 1.87. The Morgan fingerprint density at radius 2 is 2.08 bits per heavy atom. The van der Waals surface area contributed by atoms with Crippen molar-refractivity contribution >= 4 is 12.2 Å². The topological polar surface area (TPSA) is 41.8 Å². The van der Waals surface area contributed by atoms with E-state index in [9.17, 15) is 0 Å². The molecule has 2 rings (SSSR count). The minimum absolute atomic E-state index is 0.255. The lowest BCUT2D eigenvalue weighted by Gasteiger charge is -1.94. The highest BCUT2D eigenvalue weighted by molar-refractivity contribution is 7.71. The van der Waals surface area contributed by atoms with Gasteiger partial charge in [0.1, 0.15) is 5.82 Å². The Kier molecular flexibility index (Phi) is 2.23. The summed E-state index contributed by atoms with van der Waals surface area (Å²) >= 11 is 4.74. The number of benzene rings is 1. The molecule has 1 N–H and O–H groups in total. The average Bonchev–Trinajstić information content (AvgIpc) is 2.53. The van der Waals surface area contributed by atoms with Crippen molar-refractivity contribution in [3.8, 4) is 0 Å². The van der Waals surface area contributed by atoms with Gasteiger partial charge in [-0.15, -0.1) is 0 Å². The molecule has 0 atom stereocenters. The van der Waals surface area contributed by atoms with Crippen LogP contribution in [0, 0.1) is 4.84 Å². The lowest BCUT2D eigenvalue weighted by molar-refractivity contribution is 0.399. The number of H-pyrrole nitrogens is 1. The lowest BCUT2D eigenvalue weighted by Crippen LogP contribution is -1.89. The number of hydrogen-bond donors (Lipinski definition) is 1. The molecule has 0 radical (unpaired) electrons. The van der Waals surface area contributed by atoms with Gasteiger partial charge in [0.25, 0.3) is 0 Å². The predicted molar refractivity (Wildman–Crippen MR) is 50.9 cm³/mol. The molecule has 0 saturated carbocycles. The van der Waals surface area contributed by atoms with Crippen LogP contribution in [0.4, 0.5) is 0 Å². The fourth-order valence-corrected chi connectivity index (χ4v) is 1.28. The maximum Gasteiger partial charge on any atom is 0.314 e. The second-order valence-corrected chi connectivity index (χ2v) is 3.04. The monoisotopic (exact) mass is 192 g/mol. The lowest BCUT2D eigenvalue weighted by atomic mass is 10.1. The van der Waals surface area contributed by atoms with Crippen LogP contribution in [0.15, 0.2) is 34.9 Å². The van der Waals surface area contributed by atoms with Gasteiger partial charge in [-0.3, -0.25) is 0 Å². The summed E-state index contributed by atoms with van der Waals surface area (Å²) in [6, 6.07) is 10.0. The smallest absolute Gasteiger partial charge is 0.314 e. The van der Waals surface area contributed by atoms with E-state index in [-0.39, 0.29) is 4.84 Å². The Hall–Kier alpha value is -1.42. The molecule has 1 heterocycles. The molecule has 0 fully saturated rings. The molecule has 1 aromatic carbocycles. The molecule has 1 aromatic heterocycles. The number of nitrogens with one attached hydrogen (secondary N) is 1.